The van der Waals surface area contributed by atoms with Crippen LogP contribution in [0.25, 0.3) is 0 Å². The van der Waals surface area contributed by atoms with E-state index in [0.717, 1.165) is 5.56 Å². The molecule has 1 aromatic carbocycles. The van der Waals surface area contributed by atoms with Gasteiger partial charge in [-0.1, -0.05) is 24.1 Å². The number of hydrogen-bond donors (Lipinski definition) is 0. The van der Waals surface area contributed by atoms with Crippen molar-refractivity contribution in [2.45, 2.75) is 6.92 Å². The maximum Gasteiger partial charge on any atom is 0.141 e. The van der Waals surface area contributed by atoms with Crippen LogP contribution in [0.3, 0.4) is 0 Å². The van der Waals surface area contributed by atoms with Crippen molar-refractivity contribution in [2.24, 2.45) is 0 Å². The number of rotatable bonds is 1. The molecule has 1 nitrogen and oxygen atoms in total. The Morgan fingerprint density at radius 2 is 2.27 bits per heavy atom. The molecule has 0 saturated heterocycles. The Balaban J connectivity index is 2.98. The molecule has 0 amide bonds. The second kappa shape index (κ2) is 3.32. The summed E-state index contributed by atoms with van der Waals surface area (Å²) in [5, 5.41) is 0.665. The van der Waals surface area contributed by atoms with Gasteiger partial charge in [0.25, 0.3) is 0 Å². The molecule has 0 spiro atoms. The number of ether oxygens (including phenoxy) is 1. The lowest BCUT2D eigenvalue weighted by Gasteiger charge is -1.99. The van der Waals surface area contributed by atoms with Crippen LogP contribution in [-0.2, 0) is 0 Å². The topological polar surface area (TPSA) is 9.23 Å². The van der Waals surface area contributed by atoms with Gasteiger partial charge in [-0.3, -0.25) is 0 Å². The quantitative estimate of drug-likeness (QED) is 0.583. The van der Waals surface area contributed by atoms with E-state index in [1.807, 2.05) is 13.0 Å². The standard InChI is InChI=1S/C9H7ClO/c1-3-11-8-5-4-7(2)9(10)6-8/h1,4-6H,2H3. The van der Waals surface area contributed by atoms with Gasteiger partial charge in [-0.25, -0.2) is 0 Å². The molecule has 11 heavy (non-hydrogen) atoms. The molecule has 56 valence electrons. The molecule has 1 aromatic rings. The SMILES string of the molecule is C#COc1ccc(C)c(Cl)c1. The largest absolute Gasteiger partial charge is 0.408 e. The summed E-state index contributed by atoms with van der Waals surface area (Å²) in [5.41, 5.74) is 1.01. The van der Waals surface area contributed by atoms with Gasteiger partial charge in [0.05, 0.1) is 0 Å². The average molecular weight is 167 g/mol. The van der Waals surface area contributed by atoms with Crippen molar-refractivity contribution < 1.29 is 4.74 Å². The first-order chi connectivity index (χ1) is 5.24. The van der Waals surface area contributed by atoms with Gasteiger partial charge in [-0.15, -0.1) is 0 Å². The first-order valence-electron chi connectivity index (χ1n) is 3.12. The lowest BCUT2D eigenvalue weighted by atomic mass is 10.2. The molecular formula is C9H7ClO. The average Bonchev–Trinajstić information content (AvgIpc) is 1.98. The molecule has 0 bridgehead atoms. The molecule has 2 heteroatoms. The van der Waals surface area contributed by atoms with E-state index >= 15 is 0 Å². The molecule has 0 fully saturated rings. The summed E-state index contributed by atoms with van der Waals surface area (Å²) in [4.78, 5) is 0. The van der Waals surface area contributed by atoms with E-state index < -0.39 is 0 Å². The van der Waals surface area contributed by atoms with Crippen molar-refractivity contribution in [3.63, 3.8) is 0 Å². The van der Waals surface area contributed by atoms with Crippen LogP contribution < -0.4 is 4.74 Å². The smallest absolute Gasteiger partial charge is 0.141 e. The van der Waals surface area contributed by atoms with Crippen molar-refractivity contribution in [1.82, 2.24) is 0 Å². The molecule has 0 aliphatic carbocycles. The summed E-state index contributed by atoms with van der Waals surface area (Å²) in [6.07, 6.45) is 7.01. The molecule has 0 N–H and O–H groups in total. The molecule has 1 rings (SSSR count). The van der Waals surface area contributed by atoms with Crippen molar-refractivity contribution in [3.8, 4) is 18.3 Å². The van der Waals surface area contributed by atoms with Crippen LogP contribution in [0.1, 0.15) is 5.56 Å². The van der Waals surface area contributed by atoms with E-state index in [1.54, 1.807) is 12.1 Å². The minimum absolute atomic E-state index is 0.600. The Morgan fingerprint density at radius 1 is 1.55 bits per heavy atom. The van der Waals surface area contributed by atoms with E-state index in [-0.39, 0.29) is 0 Å². The van der Waals surface area contributed by atoms with Crippen molar-refractivity contribution in [2.75, 3.05) is 0 Å². The maximum atomic E-state index is 5.80. The number of terminal acetylenes is 1. The molecule has 0 saturated carbocycles. The van der Waals surface area contributed by atoms with E-state index in [9.17, 15) is 0 Å². The van der Waals surface area contributed by atoms with Gasteiger partial charge in [0.15, 0.2) is 0 Å². The number of hydrogen-bond acceptors (Lipinski definition) is 1. The first-order valence-corrected chi connectivity index (χ1v) is 3.50. The van der Waals surface area contributed by atoms with Gasteiger partial charge in [-0.2, -0.15) is 0 Å². The van der Waals surface area contributed by atoms with Crippen molar-refractivity contribution in [1.29, 1.82) is 0 Å². The summed E-state index contributed by atoms with van der Waals surface area (Å²) in [6, 6.07) is 5.33. The fraction of sp³-hybridized carbons (Fsp3) is 0.111. The Bertz CT molecular complexity index is 299. The highest BCUT2D eigenvalue weighted by Gasteiger charge is 1.96. The second-order valence-corrected chi connectivity index (χ2v) is 2.54. The Labute approximate surface area is 70.9 Å². The van der Waals surface area contributed by atoms with E-state index in [4.69, 9.17) is 22.8 Å². The molecule has 0 atom stereocenters. The summed E-state index contributed by atoms with van der Waals surface area (Å²) >= 11 is 5.80. The zero-order valence-corrected chi connectivity index (χ0v) is 6.85. The summed E-state index contributed by atoms with van der Waals surface area (Å²) in [7, 11) is 0. The molecule has 0 aliphatic rings. The van der Waals surface area contributed by atoms with Crippen LogP contribution in [0, 0.1) is 19.5 Å². The van der Waals surface area contributed by atoms with Crippen LogP contribution in [0.4, 0.5) is 0 Å². The third-order valence-corrected chi connectivity index (χ3v) is 1.73. The van der Waals surface area contributed by atoms with Gasteiger partial charge in [0.1, 0.15) is 11.9 Å². The number of halogens is 1. The molecule has 0 radical (unpaired) electrons. The zero-order valence-electron chi connectivity index (χ0n) is 6.10. The normalized spacial score (nSPS) is 8.82. The summed E-state index contributed by atoms with van der Waals surface area (Å²) in [5.74, 6) is 0.600. The van der Waals surface area contributed by atoms with Crippen molar-refractivity contribution >= 4 is 11.6 Å². The predicted molar refractivity (Wildman–Crippen MR) is 45.7 cm³/mol. The van der Waals surface area contributed by atoms with Gasteiger partial charge >= 0.3 is 0 Å². The third kappa shape index (κ3) is 1.89. The summed E-state index contributed by atoms with van der Waals surface area (Å²) < 4.78 is 4.78. The lowest BCUT2D eigenvalue weighted by molar-refractivity contribution is 0.520. The maximum absolute atomic E-state index is 5.80. The number of benzene rings is 1. The second-order valence-electron chi connectivity index (χ2n) is 2.13. The predicted octanol–water partition coefficient (Wildman–Crippen LogP) is 2.62. The molecular weight excluding hydrogens is 160 g/mol. The van der Waals surface area contributed by atoms with Crippen LogP contribution in [0.2, 0.25) is 5.02 Å². The number of aryl methyl sites for hydroxylation is 1. The van der Waals surface area contributed by atoms with E-state index in [2.05, 4.69) is 6.11 Å². The first kappa shape index (κ1) is 7.97. The van der Waals surface area contributed by atoms with Gasteiger partial charge in [-0.05, 0) is 18.6 Å². The minimum atomic E-state index is 0.600. The van der Waals surface area contributed by atoms with E-state index in [0.29, 0.717) is 10.8 Å². The fourth-order valence-corrected chi connectivity index (χ4v) is 0.876. The Hall–Kier alpha value is -1.13. The minimum Gasteiger partial charge on any atom is -0.408 e. The van der Waals surface area contributed by atoms with E-state index in [1.165, 1.54) is 0 Å². The van der Waals surface area contributed by atoms with Gasteiger partial charge < -0.3 is 4.74 Å². The zero-order chi connectivity index (χ0) is 8.27. The highest BCUT2D eigenvalue weighted by atomic mass is 35.5. The fourth-order valence-electron chi connectivity index (χ4n) is 0.705. The molecule has 0 aromatic heterocycles. The van der Waals surface area contributed by atoms with Gasteiger partial charge in [0, 0.05) is 11.1 Å². The Morgan fingerprint density at radius 3 is 2.82 bits per heavy atom. The molecule has 0 heterocycles. The lowest BCUT2D eigenvalue weighted by Crippen LogP contribution is -1.82. The highest BCUT2D eigenvalue weighted by molar-refractivity contribution is 6.31. The summed E-state index contributed by atoms with van der Waals surface area (Å²) in [6.45, 7) is 1.92. The van der Waals surface area contributed by atoms with Gasteiger partial charge in [0.2, 0.25) is 0 Å². The van der Waals surface area contributed by atoms with Crippen LogP contribution in [-0.4, -0.2) is 0 Å². The third-order valence-electron chi connectivity index (χ3n) is 1.32. The van der Waals surface area contributed by atoms with Crippen molar-refractivity contribution in [3.05, 3.63) is 28.8 Å². The molecule has 0 aliphatic heterocycles. The highest BCUT2D eigenvalue weighted by Crippen LogP contribution is 2.21. The van der Waals surface area contributed by atoms with Crippen LogP contribution in [0.15, 0.2) is 18.2 Å². The van der Waals surface area contributed by atoms with Crippen LogP contribution in [0.5, 0.6) is 5.75 Å². The monoisotopic (exact) mass is 166 g/mol. The Kier molecular flexibility index (Phi) is 2.40. The molecule has 0 unspecified atom stereocenters. The van der Waals surface area contributed by atoms with Crippen LogP contribution >= 0.6 is 11.6 Å².